The van der Waals surface area contributed by atoms with Crippen LogP contribution in [0.4, 0.5) is 0 Å². The minimum atomic E-state index is 0.579. The number of aromatic nitrogens is 4. The molecule has 2 aromatic heterocycles. The van der Waals surface area contributed by atoms with Crippen LogP contribution in [0.25, 0.3) is 11.5 Å². The highest BCUT2D eigenvalue weighted by Crippen LogP contribution is 2.26. The van der Waals surface area contributed by atoms with Crippen molar-refractivity contribution in [2.45, 2.75) is 32.1 Å². The molecule has 5 heteroatoms. The molecule has 18 heavy (non-hydrogen) atoms. The highest BCUT2D eigenvalue weighted by atomic mass is 35.5. The molecular formula is C13H13ClN4. The van der Waals surface area contributed by atoms with E-state index in [1.54, 1.807) is 12.3 Å². The maximum Gasteiger partial charge on any atom is 0.179 e. The second kappa shape index (κ2) is 4.98. The summed E-state index contributed by atoms with van der Waals surface area (Å²) in [7, 11) is 0. The molecule has 92 valence electrons. The van der Waals surface area contributed by atoms with Gasteiger partial charge >= 0.3 is 0 Å². The molecule has 2 aromatic rings. The molecule has 1 aliphatic rings. The maximum absolute atomic E-state index is 6.28. The highest BCUT2D eigenvalue weighted by Gasteiger charge is 2.16. The van der Waals surface area contributed by atoms with E-state index >= 15 is 0 Å². The van der Waals surface area contributed by atoms with Gasteiger partial charge in [-0.15, -0.1) is 0 Å². The average Bonchev–Trinajstić information content (AvgIpc) is 2.65. The van der Waals surface area contributed by atoms with Crippen molar-refractivity contribution in [3.8, 4) is 11.5 Å². The van der Waals surface area contributed by atoms with Crippen LogP contribution in [0.3, 0.4) is 0 Å². The minimum absolute atomic E-state index is 0.579. The molecule has 0 bridgehead atoms. The van der Waals surface area contributed by atoms with Crippen molar-refractivity contribution in [2.75, 3.05) is 0 Å². The molecule has 0 spiro atoms. The van der Waals surface area contributed by atoms with Crippen LogP contribution in [0.2, 0.25) is 5.15 Å². The molecule has 2 heterocycles. The summed E-state index contributed by atoms with van der Waals surface area (Å²) in [4.78, 5) is 17.0. The third-order valence-electron chi connectivity index (χ3n) is 3.19. The van der Waals surface area contributed by atoms with Crippen molar-refractivity contribution >= 4 is 11.6 Å². The first-order chi connectivity index (χ1) is 8.84. The van der Waals surface area contributed by atoms with Gasteiger partial charge in [-0.2, -0.15) is 0 Å². The Morgan fingerprint density at radius 3 is 2.78 bits per heavy atom. The predicted molar refractivity (Wildman–Crippen MR) is 69.3 cm³/mol. The summed E-state index contributed by atoms with van der Waals surface area (Å²) in [5.41, 5.74) is 2.92. The third kappa shape index (κ3) is 2.20. The second-order valence-electron chi connectivity index (χ2n) is 4.42. The second-order valence-corrected chi connectivity index (χ2v) is 4.78. The van der Waals surface area contributed by atoms with Gasteiger partial charge in [-0.25, -0.2) is 19.9 Å². The fourth-order valence-electron chi connectivity index (χ4n) is 2.26. The lowest BCUT2D eigenvalue weighted by Crippen LogP contribution is -2.02. The van der Waals surface area contributed by atoms with Gasteiger partial charge in [-0.1, -0.05) is 18.0 Å². The van der Waals surface area contributed by atoms with Gasteiger partial charge in [-0.05, 0) is 31.7 Å². The number of fused-ring (bicyclic) bond motifs is 1. The molecule has 3 rings (SSSR count). The minimum Gasteiger partial charge on any atom is -0.245 e. The Hall–Kier alpha value is -1.55. The first-order valence-corrected chi connectivity index (χ1v) is 6.54. The van der Waals surface area contributed by atoms with E-state index in [1.807, 2.05) is 0 Å². The Kier molecular flexibility index (Phi) is 3.19. The van der Waals surface area contributed by atoms with Crippen LogP contribution in [0.5, 0.6) is 0 Å². The molecule has 0 radical (unpaired) electrons. The Bertz CT molecular complexity index is 556. The van der Waals surface area contributed by atoms with E-state index in [9.17, 15) is 0 Å². The van der Waals surface area contributed by atoms with E-state index in [2.05, 4.69) is 19.9 Å². The van der Waals surface area contributed by atoms with Gasteiger partial charge in [-0.3, -0.25) is 0 Å². The van der Waals surface area contributed by atoms with E-state index in [4.69, 9.17) is 11.6 Å². The van der Waals surface area contributed by atoms with Gasteiger partial charge in [0.1, 0.15) is 17.2 Å². The van der Waals surface area contributed by atoms with Gasteiger partial charge < -0.3 is 0 Å². The molecule has 0 saturated heterocycles. The van der Waals surface area contributed by atoms with Crippen LogP contribution in [0.1, 0.15) is 30.5 Å². The van der Waals surface area contributed by atoms with Crippen LogP contribution in [0.15, 0.2) is 18.6 Å². The molecule has 0 N–H and O–H groups in total. The quantitative estimate of drug-likeness (QED) is 0.584. The fourth-order valence-corrected chi connectivity index (χ4v) is 2.55. The van der Waals surface area contributed by atoms with Crippen LogP contribution in [-0.4, -0.2) is 19.9 Å². The smallest absolute Gasteiger partial charge is 0.179 e. The van der Waals surface area contributed by atoms with Gasteiger partial charge in [0.05, 0.1) is 0 Å². The number of hydrogen-bond donors (Lipinski definition) is 0. The van der Waals surface area contributed by atoms with Gasteiger partial charge in [0.2, 0.25) is 0 Å². The molecule has 0 amide bonds. The topological polar surface area (TPSA) is 51.6 Å². The zero-order valence-electron chi connectivity index (χ0n) is 9.93. The lowest BCUT2D eigenvalue weighted by atomic mass is 10.1. The lowest BCUT2D eigenvalue weighted by molar-refractivity contribution is 0.709. The molecular weight excluding hydrogens is 248 g/mol. The van der Waals surface area contributed by atoms with E-state index in [-0.39, 0.29) is 0 Å². The van der Waals surface area contributed by atoms with Gasteiger partial charge in [0.15, 0.2) is 5.82 Å². The number of nitrogens with zero attached hydrogens (tertiary/aromatic N) is 4. The summed E-state index contributed by atoms with van der Waals surface area (Å²) in [6.45, 7) is 0. The molecule has 1 aliphatic carbocycles. The summed E-state index contributed by atoms with van der Waals surface area (Å²) < 4.78 is 0. The van der Waals surface area contributed by atoms with Crippen LogP contribution < -0.4 is 0 Å². The van der Waals surface area contributed by atoms with Crippen molar-refractivity contribution in [3.05, 3.63) is 35.0 Å². The standard InChI is InChI=1S/C13H13ClN4/c14-12-9-4-2-1-3-5-10(9)17-13(18-12)11-6-7-15-8-16-11/h6-8H,1-5H2. The number of halogens is 1. The average molecular weight is 261 g/mol. The van der Waals surface area contributed by atoms with E-state index < -0.39 is 0 Å². The molecule has 0 atom stereocenters. The Balaban J connectivity index is 2.08. The van der Waals surface area contributed by atoms with Crippen LogP contribution in [-0.2, 0) is 12.8 Å². The third-order valence-corrected chi connectivity index (χ3v) is 3.51. The Morgan fingerprint density at radius 2 is 1.94 bits per heavy atom. The van der Waals surface area contributed by atoms with Gasteiger partial charge in [0, 0.05) is 17.5 Å². The molecule has 4 nitrogen and oxygen atoms in total. The Labute approximate surface area is 110 Å². The molecule has 0 aromatic carbocycles. The van der Waals surface area contributed by atoms with Crippen molar-refractivity contribution in [3.63, 3.8) is 0 Å². The maximum atomic E-state index is 6.28. The van der Waals surface area contributed by atoms with Crippen molar-refractivity contribution in [1.29, 1.82) is 0 Å². The van der Waals surface area contributed by atoms with E-state index in [0.717, 1.165) is 29.8 Å². The molecule has 0 saturated carbocycles. The number of aryl methyl sites for hydroxylation is 1. The summed E-state index contributed by atoms with van der Waals surface area (Å²) in [6, 6.07) is 1.80. The fraction of sp³-hybridized carbons (Fsp3) is 0.385. The number of rotatable bonds is 1. The van der Waals surface area contributed by atoms with Crippen molar-refractivity contribution in [1.82, 2.24) is 19.9 Å². The van der Waals surface area contributed by atoms with Crippen molar-refractivity contribution < 1.29 is 0 Å². The predicted octanol–water partition coefficient (Wildman–Crippen LogP) is 2.86. The summed E-state index contributed by atoms with van der Waals surface area (Å²) >= 11 is 6.28. The van der Waals surface area contributed by atoms with Crippen molar-refractivity contribution in [2.24, 2.45) is 0 Å². The highest BCUT2D eigenvalue weighted by molar-refractivity contribution is 6.30. The normalized spacial score (nSPS) is 14.9. The van der Waals surface area contributed by atoms with Gasteiger partial charge in [0.25, 0.3) is 0 Å². The number of hydrogen-bond acceptors (Lipinski definition) is 4. The van der Waals surface area contributed by atoms with Crippen LogP contribution >= 0.6 is 11.6 Å². The first-order valence-electron chi connectivity index (χ1n) is 6.16. The zero-order valence-corrected chi connectivity index (χ0v) is 10.7. The first kappa shape index (κ1) is 11.5. The Morgan fingerprint density at radius 1 is 1.06 bits per heavy atom. The molecule has 0 fully saturated rings. The summed E-state index contributed by atoms with van der Waals surface area (Å²) in [5.74, 6) is 0.600. The summed E-state index contributed by atoms with van der Waals surface area (Å²) in [5, 5.41) is 0.579. The van der Waals surface area contributed by atoms with E-state index in [0.29, 0.717) is 11.0 Å². The molecule has 0 unspecified atom stereocenters. The van der Waals surface area contributed by atoms with E-state index in [1.165, 1.54) is 25.6 Å². The zero-order chi connectivity index (χ0) is 12.4. The largest absolute Gasteiger partial charge is 0.245 e. The SMILES string of the molecule is Clc1nc(-c2ccncn2)nc2c1CCCCC2. The summed E-state index contributed by atoms with van der Waals surface area (Å²) in [6.07, 6.45) is 8.72. The monoisotopic (exact) mass is 260 g/mol. The van der Waals surface area contributed by atoms with Crippen LogP contribution in [0, 0.1) is 0 Å². The lowest BCUT2D eigenvalue weighted by Gasteiger charge is -2.08. The molecule has 0 aliphatic heterocycles.